The van der Waals surface area contributed by atoms with E-state index in [1.165, 1.54) is 30.6 Å². The number of imide groups is 1. The van der Waals surface area contributed by atoms with Crippen molar-refractivity contribution in [2.24, 2.45) is 0 Å². The minimum Gasteiger partial charge on any atom is -0.375 e. The number of halogens is 1. The van der Waals surface area contributed by atoms with Gasteiger partial charge in [0.25, 0.3) is 17.7 Å². The molecule has 7 heteroatoms. The Morgan fingerprint density at radius 3 is 2.12 bits per heavy atom. The molecule has 3 aliphatic rings. The van der Waals surface area contributed by atoms with E-state index < -0.39 is 5.91 Å². The molecule has 172 valence electrons. The molecule has 2 N–H and O–H groups in total. The smallest absolute Gasteiger partial charge is 0.278 e. The zero-order valence-corrected chi connectivity index (χ0v) is 19.3. The standard InChI is InChI=1S/C25H32ClN3O3/c26-21-22(25(32)29(24(21)31)20-10-6-3-7-11-20)27-16-17-12-14-18(15-13-17)23(30)28-19-8-4-1-2-5-9-19/h12-15,19-20,27H,1-11,16H2,(H,28,30). The maximum Gasteiger partial charge on any atom is 0.278 e. The second-order valence-electron chi connectivity index (χ2n) is 9.17. The lowest BCUT2D eigenvalue weighted by Gasteiger charge is -2.29. The van der Waals surface area contributed by atoms with E-state index in [1.54, 1.807) is 12.1 Å². The Morgan fingerprint density at radius 2 is 1.47 bits per heavy atom. The molecule has 2 aliphatic carbocycles. The van der Waals surface area contributed by atoms with Gasteiger partial charge in [0.15, 0.2) is 0 Å². The number of hydrogen-bond acceptors (Lipinski definition) is 4. The Hall–Kier alpha value is -2.34. The molecule has 0 spiro atoms. The van der Waals surface area contributed by atoms with Crippen LogP contribution in [0, 0.1) is 0 Å². The van der Waals surface area contributed by atoms with Gasteiger partial charge in [-0.2, -0.15) is 0 Å². The van der Waals surface area contributed by atoms with Crippen LogP contribution < -0.4 is 10.6 Å². The fourth-order valence-corrected chi connectivity index (χ4v) is 5.24. The largest absolute Gasteiger partial charge is 0.375 e. The third-order valence-corrected chi connectivity index (χ3v) is 7.23. The van der Waals surface area contributed by atoms with E-state index in [2.05, 4.69) is 10.6 Å². The minimum atomic E-state index is -0.392. The Balaban J connectivity index is 1.33. The molecule has 6 nitrogen and oxygen atoms in total. The summed E-state index contributed by atoms with van der Waals surface area (Å²) in [6, 6.07) is 7.54. The number of nitrogens with zero attached hydrogens (tertiary/aromatic N) is 1. The van der Waals surface area contributed by atoms with E-state index in [4.69, 9.17) is 11.6 Å². The van der Waals surface area contributed by atoms with E-state index in [-0.39, 0.29) is 34.6 Å². The van der Waals surface area contributed by atoms with Gasteiger partial charge in [0.05, 0.1) is 0 Å². The third-order valence-electron chi connectivity index (χ3n) is 6.87. The number of nitrogens with one attached hydrogen (secondary N) is 2. The van der Waals surface area contributed by atoms with Crippen LogP contribution in [0.3, 0.4) is 0 Å². The van der Waals surface area contributed by atoms with Crippen molar-refractivity contribution in [1.82, 2.24) is 15.5 Å². The summed E-state index contributed by atoms with van der Waals surface area (Å²) in [6.45, 7) is 0.355. The predicted octanol–water partition coefficient (Wildman–Crippen LogP) is 4.38. The summed E-state index contributed by atoms with van der Waals surface area (Å²) in [5.74, 6) is -0.759. The van der Waals surface area contributed by atoms with Crippen molar-refractivity contribution in [2.75, 3.05) is 0 Å². The second-order valence-corrected chi connectivity index (χ2v) is 9.55. The molecule has 0 unspecified atom stereocenters. The lowest BCUT2D eigenvalue weighted by molar-refractivity contribution is -0.140. The van der Waals surface area contributed by atoms with Crippen LogP contribution >= 0.6 is 11.6 Å². The van der Waals surface area contributed by atoms with E-state index in [9.17, 15) is 14.4 Å². The van der Waals surface area contributed by atoms with E-state index in [0.717, 1.165) is 50.5 Å². The number of carbonyl (C=O) groups excluding carboxylic acids is 3. The zero-order valence-electron chi connectivity index (χ0n) is 18.5. The van der Waals surface area contributed by atoms with Gasteiger partial charge in [0, 0.05) is 24.2 Å². The first-order chi connectivity index (χ1) is 15.5. The first-order valence-electron chi connectivity index (χ1n) is 12.0. The van der Waals surface area contributed by atoms with Crippen molar-refractivity contribution >= 4 is 29.3 Å². The first kappa shape index (κ1) is 22.8. The Labute approximate surface area is 194 Å². The van der Waals surface area contributed by atoms with Crippen LogP contribution in [0.5, 0.6) is 0 Å². The van der Waals surface area contributed by atoms with Crippen LogP contribution in [0.4, 0.5) is 0 Å². The predicted molar refractivity (Wildman–Crippen MR) is 124 cm³/mol. The summed E-state index contributed by atoms with van der Waals surface area (Å²) in [4.78, 5) is 39.3. The normalized spacial score (nSPS) is 21.1. The molecule has 0 saturated heterocycles. The van der Waals surface area contributed by atoms with Gasteiger partial charge < -0.3 is 10.6 Å². The molecule has 1 aromatic carbocycles. The van der Waals surface area contributed by atoms with Crippen LogP contribution in [0.15, 0.2) is 35.0 Å². The van der Waals surface area contributed by atoms with Crippen molar-refractivity contribution in [1.29, 1.82) is 0 Å². The monoisotopic (exact) mass is 457 g/mol. The molecule has 32 heavy (non-hydrogen) atoms. The van der Waals surface area contributed by atoms with Crippen molar-refractivity contribution in [3.63, 3.8) is 0 Å². The number of carbonyl (C=O) groups is 3. The zero-order chi connectivity index (χ0) is 22.5. The van der Waals surface area contributed by atoms with Crippen molar-refractivity contribution in [3.05, 3.63) is 46.1 Å². The summed E-state index contributed by atoms with van der Waals surface area (Å²) in [5, 5.41) is 6.18. The maximum absolute atomic E-state index is 12.9. The molecule has 0 radical (unpaired) electrons. The molecule has 2 saturated carbocycles. The topological polar surface area (TPSA) is 78.5 Å². The quantitative estimate of drug-likeness (QED) is 0.490. The number of benzene rings is 1. The molecule has 0 bridgehead atoms. The highest BCUT2D eigenvalue weighted by atomic mass is 35.5. The second kappa shape index (κ2) is 10.5. The number of hydrogen-bond donors (Lipinski definition) is 2. The van der Waals surface area contributed by atoms with Gasteiger partial charge in [0.1, 0.15) is 10.7 Å². The summed E-state index contributed by atoms with van der Waals surface area (Å²) >= 11 is 6.23. The molecule has 2 fully saturated rings. The van der Waals surface area contributed by atoms with Crippen LogP contribution in [0.1, 0.15) is 86.6 Å². The summed E-state index contributed by atoms with van der Waals surface area (Å²) in [6.07, 6.45) is 11.9. The molecule has 0 aromatic heterocycles. The summed E-state index contributed by atoms with van der Waals surface area (Å²) in [5.41, 5.74) is 1.72. The fraction of sp³-hybridized carbons (Fsp3) is 0.560. The van der Waals surface area contributed by atoms with Gasteiger partial charge in [-0.3, -0.25) is 19.3 Å². The SMILES string of the molecule is O=C(NC1CCCCCC1)c1ccc(CNC2=C(Cl)C(=O)N(C3CCCCC3)C2=O)cc1. The highest BCUT2D eigenvalue weighted by Gasteiger charge is 2.41. The first-order valence-corrected chi connectivity index (χ1v) is 12.3. The number of rotatable bonds is 6. The molecular formula is C25H32ClN3O3. The minimum absolute atomic E-state index is 0.0278. The van der Waals surface area contributed by atoms with Crippen LogP contribution in [0.2, 0.25) is 0 Å². The molecule has 0 atom stereocenters. The van der Waals surface area contributed by atoms with E-state index >= 15 is 0 Å². The van der Waals surface area contributed by atoms with E-state index in [1.807, 2.05) is 12.1 Å². The molecular weight excluding hydrogens is 426 g/mol. The van der Waals surface area contributed by atoms with Gasteiger partial charge in [-0.25, -0.2) is 0 Å². The van der Waals surface area contributed by atoms with Crippen LogP contribution in [-0.4, -0.2) is 34.7 Å². The fourth-order valence-electron chi connectivity index (χ4n) is 5.00. The summed E-state index contributed by atoms with van der Waals surface area (Å²) in [7, 11) is 0. The van der Waals surface area contributed by atoms with Crippen LogP contribution in [0.25, 0.3) is 0 Å². The third kappa shape index (κ3) is 5.17. The van der Waals surface area contributed by atoms with Gasteiger partial charge in [-0.15, -0.1) is 0 Å². The number of amides is 3. The Morgan fingerprint density at radius 1 is 0.875 bits per heavy atom. The van der Waals surface area contributed by atoms with Crippen molar-refractivity contribution < 1.29 is 14.4 Å². The van der Waals surface area contributed by atoms with Crippen LogP contribution in [-0.2, 0) is 16.1 Å². The average Bonchev–Trinajstić information content (AvgIpc) is 2.98. The Kier molecular flexibility index (Phi) is 7.51. The molecule has 4 rings (SSSR count). The highest BCUT2D eigenvalue weighted by Crippen LogP contribution is 2.30. The lowest BCUT2D eigenvalue weighted by atomic mass is 9.94. The molecule has 1 aromatic rings. The highest BCUT2D eigenvalue weighted by molar-refractivity contribution is 6.47. The average molecular weight is 458 g/mol. The van der Waals surface area contributed by atoms with Gasteiger partial charge in [-0.1, -0.05) is 68.7 Å². The molecule has 1 aliphatic heterocycles. The maximum atomic E-state index is 12.9. The lowest BCUT2D eigenvalue weighted by Crippen LogP contribution is -2.43. The summed E-state index contributed by atoms with van der Waals surface area (Å²) < 4.78 is 0. The van der Waals surface area contributed by atoms with Gasteiger partial charge in [-0.05, 0) is 43.4 Å². The van der Waals surface area contributed by atoms with Crippen molar-refractivity contribution in [3.8, 4) is 0 Å². The Bertz CT molecular complexity index is 882. The van der Waals surface area contributed by atoms with E-state index in [0.29, 0.717) is 12.1 Å². The van der Waals surface area contributed by atoms with Crippen molar-refractivity contribution in [2.45, 2.75) is 89.3 Å². The van der Waals surface area contributed by atoms with Gasteiger partial charge >= 0.3 is 0 Å². The van der Waals surface area contributed by atoms with Gasteiger partial charge in [0.2, 0.25) is 0 Å². The molecule has 1 heterocycles. The molecule has 3 amide bonds.